The molecule has 0 spiro atoms. The molecule has 1 heterocycles. The molecule has 1 saturated heterocycles. The van der Waals surface area contributed by atoms with Crippen LogP contribution in [0.2, 0.25) is 0 Å². The van der Waals surface area contributed by atoms with Gasteiger partial charge in [0.2, 0.25) is 0 Å². The van der Waals surface area contributed by atoms with E-state index >= 15 is 0 Å². The zero-order chi connectivity index (χ0) is 7.72. The van der Waals surface area contributed by atoms with Crippen LogP contribution in [0.5, 0.6) is 0 Å². The van der Waals surface area contributed by atoms with Crippen molar-refractivity contribution in [3.63, 3.8) is 0 Å². The first kappa shape index (κ1) is 7.64. The van der Waals surface area contributed by atoms with Crippen LogP contribution in [0.15, 0.2) is 12.3 Å². The van der Waals surface area contributed by atoms with E-state index in [0.29, 0.717) is 17.9 Å². The van der Waals surface area contributed by atoms with Crippen molar-refractivity contribution in [3.8, 4) is 0 Å². The molecule has 10 heavy (non-hydrogen) atoms. The minimum Gasteiger partial charge on any atom is -0.495 e. The maximum absolute atomic E-state index is 5.54. The molecule has 1 aliphatic rings. The van der Waals surface area contributed by atoms with Gasteiger partial charge in [0.25, 0.3) is 0 Å². The van der Waals surface area contributed by atoms with Crippen molar-refractivity contribution < 1.29 is 4.74 Å². The lowest BCUT2D eigenvalue weighted by Crippen LogP contribution is -2.14. The summed E-state index contributed by atoms with van der Waals surface area (Å²) < 4.78 is 5.54. The highest BCUT2D eigenvalue weighted by Crippen LogP contribution is 2.34. The highest BCUT2D eigenvalue weighted by molar-refractivity contribution is 5.00. The molecule has 0 radical (unpaired) electrons. The summed E-state index contributed by atoms with van der Waals surface area (Å²) >= 11 is 0. The molecule has 1 nitrogen and oxygen atoms in total. The summed E-state index contributed by atoms with van der Waals surface area (Å²) in [5.41, 5.74) is 0. The lowest BCUT2D eigenvalue weighted by Gasteiger charge is -2.11. The summed E-state index contributed by atoms with van der Waals surface area (Å²) in [5, 5.41) is 0. The van der Waals surface area contributed by atoms with Gasteiger partial charge in [0.15, 0.2) is 0 Å². The van der Waals surface area contributed by atoms with Gasteiger partial charge in [0, 0.05) is 11.8 Å². The number of allylic oxidation sites excluding steroid dienone is 1. The SMILES string of the molecule is C=C1O[C@H](CC)[C@@H](C)[C@H]1C. The first-order valence-electron chi connectivity index (χ1n) is 4.02. The van der Waals surface area contributed by atoms with Gasteiger partial charge in [-0.05, 0) is 6.42 Å². The van der Waals surface area contributed by atoms with Crippen LogP contribution in [-0.4, -0.2) is 6.10 Å². The second-order valence-electron chi connectivity index (χ2n) is 3.18. The standard InChI is InChI=1S/C9H16O/c1-5-9-7(3)6(2)8(4)10-9/h6-7,9H,4-5H2,1-3H3/t6-,7+,9-/m1/s1. The van der Waals surface area contributed by atoms with E-state index < -0.39 is 0 Å². The monoisotopic (exact) mass is 140 g/mol. The molecule has 0 N–H and O–H groups in total. The number of hydrogen-bond acceptors (Lipinski definition) is 1. The fraction of sp³-hybridized carbons (Fsp3) is 0.778. The molecule has 1 aliphatic heterocycles. The zero-order valence-corrected chi connectivity index (χ0v) is 7.05. The van der Waals surface area contributed by atoms with E-state index in [1.54, 1.807) is 0 Å². The topological polar surface area (TPSA) is 9.23 Å². The molecular weight excluding hydrogens is 124 g/mol. The first-order valence-corrected chi connectivity index (χ1v) is 4.02. The fourth-order valence-electron chi connectivity index (χ4n) is 1.48. The Hall–Kier alpha value is -0.460. The summed E-state index contributed by atoms with van der Waals surface area (Å²) in [4.78, 5) is 0. The Bertz CT molecular complexity index is 140. The number of ether oxygens (including phenoxy) is 1. The third-order valence-corrected chi connectivity index (χ3v) is 2.59. The Morgan fingerprint density at radius 1 is 1.50 bits per heavy atom. The van der Waals surface area contributed by atoms with Crippen LogP contribution in [0.1, 0.15) is 27.2 Å². The molecule has 0 unspecified atom stereocenters. The van der Waals surface area contributed by atoms with Crippen molar-refractivity contribution in [2.24, 2.45) is 11.8 Å². The summed E-state index contributed by atoms with van der Waals surface area (Å²) in [6, 6.07) is 0. The Balaban J connectivity index is 2.61. The third-order valence-electron chi connectivity index (χ3n) is 2.59. The maximum Gasteiger partial charge on any atom is 0.101 e. The van der Waals surface area contributed by atoms with Gasteiger partial charge in [-0.25, -0.2) is 0 Å². The van der Waals surface area contributed by atoms with E-state index in [-0.39, 0.29) is 0 Å². The van der Waals surface area contributed by atoms with Crippen LogP contribution in [-0.2, 0) is 4.74 Å². The van der Waals surface area contributed by atoms with Crippen molar-refractivity contribution in [1.82, 2.24) is 0 Å². The van der Waals surface area contributed by atoms with E-state index in [2.05, 4.69) is 27.4 Å². The quantitative estimate of drug-likeness (QED) is 0.544. The predicted molar refractivity (Wildman–Crippen MR) is 42.6 cm³/mol. The molecule has 1 fully saturated rings. The van der Waals surface area contributed by atoms with E-state index in [9.17, 15) is 0 Å². The molecule has 0 aliphatic carbocycles. The van der Waals surface area contributed by atoms with Crippen LogP contribution >= 0.6 is 0 Å². The molecule has 58 valence electrons. The Morgan fingerprint density at radius 3 is 2.30 bits per heavy atom. The maximum atomic E-state index is 5.54. The van der Waals surface area contributed by atoms with Crippen LogP contribution in [0.25, 0.3) is 0 Å². The average molecular weight is 140 g/mol. The van der Waals surface area contributed by atoms with Crippen molar-refractivity contribution in [3.05, 3.63) is 12.3 Å². The highest BCUT2D eigenvalue weighted by atomic mass is 16.5. The van der Waals surface area contributed by atoms with Crippen molar-refractivity contribution in [1.29, 1.82) is 0 Å². The minimum atomic E-state index is 0.419. The predicted octanol–water partition coefficient (Wildman–Crippen LogP) is 2.58. The van der Waals surface area contributed by atoms with E-state index in [1.165, 1.54) is 0 Å². The molecule has 0 bridgehead atoms. The normalized spacial score (nSPS) is 39.9. The zero-order valence-electron chi connectivity index (χ0n) is 7.05. The van der Waals surface area contributed by atoms with Gasteiger partial charge >= 0.3 is 0 Å². The second kappa shape index (κ2) is 2.65. The molecule has 1 rings (SSSR count). The van der Waals surface area contributed by atoms with E-state index in [4.69, 9.17) is 4.74 Å². The van der Waals surface area contributed by atoms with Gasteiger partial charge in [-0.15, -0.1) is 0 Å². The molecule has 0 aromatic heterocycles. The average Bonchev–Trinajstić information content (AvgIpc) is 2.17. The van der Waals surface area contributed by atoms with Crippen LogP contribution in [0.4, 0.5) is 0 Å². The van der Waals surface area contributed by atoms with Crippen molar-refractivity contribution in [2.45, 2.75) is 33.3 Å². The summed E-state index contributed by atoms with van der Waals surface area (Å²) in [6.45, 7) is 10.4. The van der Waals surface area contributed by atoms with E-state index in [1.807, 2.05) is 0 Å². The molecule has 0 saturated carbocycles. The van der Waals surface area contributed by atoms with E-state index in [0.717, 1.165) is 12.2 Å². The minimum absolute atomic E-state index is 0.419. The molecular formula is C9H16O. The molecule has 3 atom stereocenters. The lowest BCUT2D eigenvalue weighted by atomic mass is 9.92. The Kier molecular flexibility index (Phi) is 2.02. The number of hydrogen-bond donors (Lipinski definition) is 0. The second-order valence-corrected chi connectivity index (χ2v) is 3.18. The van der Waals surface area contributed by atoms with Crippen molar-refractivity contribution >= 4 is 0 Å². The van der Waals surface area contributed by atoms with Gasteiger partial charge in [0.1, 0.15) is 6.10 Å². The lowest BCUT2D eigenvalue weighted by molar-refractivity contribution is 0.132. The van der Waals surface area contributed by atoms with Crippen LogP contribution < -0.4 is 0 Å². The summed E-state index contributed by atoms with van der Waals surface area (Å²) in [6.07, 6.45) is 1.52. The third kappa shape index (κ3) is 1.05. The largest absolute Gasteiger partial charge is 0.495 e. The van der Waals surface area contributed by atoms with Gasteiger partial charge in [0.05, 0.1) is 5.76 Å². The Labute approximate surface area is 63.1 Å². The Morgan fingerprint density at radius 2 is 2.10 bits per heavy atom. The first-order chi connectivity index (χ1) is 4.66. The number of rotatable bonds is 1. The summed E-state index contributed by atoms with van der Waals surface area (Å²) in [7, 11) is 0. The van der Waals surface area contributed by atoms with Crippen LogP contribution in [0, 0.1) is 11.8 Å². The fourth-order valence-corrected chi connectivity index (χ4v) is 1.48. The molecule has 1 heteroatoms. The van der Waals surface area contributed by atoms with Gasteiger partial charge < -0.3 is 4.74 Å². The molecule has 0 aromatic carbocycles. The van der Waals surface area contributed by atoms with Crippen LogP contribution in [0.3, 0.4) is 0 Å². The molecule has 0 aromatic rings. The van der Waals surface area contributed by atoms with Gasteiger partial charge in [-0.2, -0.15) is 0 Å². The highest BCUT2D eigenvalue weighted by Gasteiger charge is 2.32. The van der Waals surface area contributed by atoms with Gasteiger partial charge in [-0.1, -0.05) is 27.4 Å². The van der Waals surface area contributed by atoms with Gasteiger partial charge in [-0.3, -0.25) is 0 Å². The summed E-state index contributed by atoms with van der Waals surface area (Å²) in [5.74, 6) is 2.17. The smallest absolute Gasteiger partial charge is 0.101 e. The molecule has 0 amide bonds. The van der Waals surface area contributed by atoms with Crippen molar-refractivity contribution in [2.75, 3.05) is 0 Å².